The van der Waals surface area contributed by atoms with Crippen molar-refractivity contribution in [2.45, 2.75) is 34.6 Å². The van der Waals surface area contributed by atoms with Crippen LogP contribution in [0.4, 0.5) is 0 Å². The van der Waals surface area contributed by atoms with E-state index in [2.05, 4.69) is 0 Å². The second kappa shape index (κ2) is 4.87. The SMILES string of the molecule is Cc1c(C)c2c3c(c(C)c(C)c4c3c1C(=O)C(C)C4=O)C(=O)N(C)C2=O. The summed E-state index contributed by atoms with van der Waals surface area (Å²) in [5.41, 5.74) is 4.64. The zero-order chi connectivity index (χ0) is 19.2. The fraction of sp³-hybridized carbons (Fsp3) is 0.333. The predicted octanol–water partition coefficient (Wildman–Crippen LogP) is 3.31. The van der Waals surface area contributed by atoms with Crippen molar-refractivity contribution in [3.63, 3.8) is 0 Å². The van der Waals surface area contributed by atoms with Crippen molar-refractivity contribution in [3.8, 4) is 0 Å². The number of rotatable bonds is 0. The average Bonchev–Trinajstić information content (AvgIpc) is 2.60. The average molecular weight is 349 g/mol. The number of hydrogen-bond acceptors (Lipinski definition) is 4. The van der Waals surface area contributed by atoms with Gasteiger partial charge in [0, 0.05) is 28.9 Å². The molecule has 0 saturated carbocycles. The smallest absolute Gasteiger partial charge is 0.261 e. The van der Waals surface area contributed by atoms with Crippen LogP contribution in [0.5, 0.6) is 0 Å². The molecule has 1 aliphatic carbocycles. The largest absolute Gasteiger partial charge is 0.293 e. The molecule has 5 heteroatoms. The summed E-state index contributed by atoms with van der Waals surface area (Å²) in [6.07, 6.45) is 0. The Labute approximate surface area is 151 Å². The number of Topliss-reactive ketones (excluding diaryl/α,β-unsaturated/α-hetero) is 2. The van der Waals surface area contributed by atoms with Gasteiger partial charge < -0.3 is 0 Å². The van der Waals surface area contributed by atoms with Crippen LogP contribution in [0, 0.1) is 33.6 Å². The Kier molecular flexibility index (Phi) is 3.12. The Bertz CT molecular complexity index is 952. The maximum absolute atomic E-state index is 12.9. The number of amides is 2. The lowest BCUT2D eigenvalue weighted by Gasteiger charge is -2.33. The molecule has 26 heavy (non-hydrogen) atoms. The van der Waals surface area contributed by atoms with Crippen molar-refractivity contribution < 1.29 is 19.2 Å². The Morgan fingerprint density at radius 3 is 1.31 bits per heavy atom. The van der Waals surface area contributed by atoms with E-state index in [0.717, 1.165) is 4.90 Å². The summed E-state index contributed by atoms with van der Waals surface area (Å²) in [5, 5.41) is 0.965. The zero-order valence-electron chi connectivity index (χ0n) is 15.7. The van der Waals surface area contributed by atoms with Crippen LogP contribution in [0.2, 0.25) is 0 Å². The van der Waals surface area contributed by atoms with Crippen molar-refractivity contribution >= 4 is 34.2 Å². The van der Waals surface area contributed by atoms with Crippen LogP contribution >= 0.6 is 0 Å². The third kappa shape index (κ3) is 1.61. The van der Waals surface area contributed by atoms with Gasteiger partial charge in [0.2, 0.25) is 0 Å². The molecule has 0 unspecified atom stereocenters. The van der Waals surface area contributed by atoms with Crippen LogP contribution in [0.3, 0.4) is 0 Å². The van der Waals surface area contributed by atoms with Gasteiger partial charge in [-0.25, -0.2) is 0 Å². The molecule has 0 fully saturated rings. The first-order valence-corrected chi connectivity index (χ1v) is 8.62. The van der Waals surface area contributed by atoms with E-state index < -0.39 is 5.92 Å². The van der Waals surface area contributed by atoms with Gasteiger partial charge in [0.1, 0.15) is 0 Å². The minimum atomic E-state index is -0.754. The predicted molar refractivity (Wildman–Crippen MR) is 97.1 cm³/mol. The Morgan fingerprint density at radius 1 is 0.615 bits per heavy atom. The van der Waals surface area contributed by atoms with Crippen molar-refractivity contribution in [2.75, 3.05) is 7.05 Å². The van der Waals surface area contributed by atoms with E-state index >= 15 is 0 Å². The summed E-state index contributed by atoms with van der Waals surface area (Å²) in [5.74, 6) is -1.99. The first kappa shape index (κ1) is 16.6. The van der Waals surface area contributed by atoms with Gasteiger partial charge in [0.05, 0.1) is 17.0 Å². The molecule has 0 radical (unpaired) electrons. The Morgan fingerprint density at radius 2 is 0.923 bits per heavy atom. The summed E-state index contributed by atoms with van der Waals surface area (Å²) in [4.78, 5) is 52.7. The van der Waals surface area contributed by atoms with Gasteiger partial charge in [-0.2, -0.15) is 0 Å². The normalized spacial score (nSPS) is 16.9. The highest BCUT2D eigenvalue weighted by Crippen LogP contribution is 2.44. The van der Waals surface area contributed by atoms with Crippen LogP contribution in [-0.2, 0) is 0 Å². The second-order valence-corrected chi connectivity index (χ2v) is 7.37. The van der Waals surface area contributed by atoms with E-state index in [4.69, 9.17) is 0 Å². The fourth-order valence-corrected chi connectivity index (χ4v) is 4.38. The van der Waals surface area contributed by atoms with Gasteiger partial charge in [0.15, 0.2) is 11.6 Å². The summed E-state index contributed by atoms with van der Waals surface area (Å²) < 4.78 is 0. The monoisotopic (exact) mass is 349 g/mol. The number of imide groups is 1. The van der Waals surface area contributed by atoms with Gasteiger partial charge in [-0.05, 0) is 56.9 Å². The fourth-order valence-electron chi connectivity index (χ4n) is 4.38. The van der Waals surface area contributed by atoms with Gasteiger partial charge in [0.25, 0.3) is 11.8 Å². The number of carbonyl (C=O) groups is 4. The maximum Gasteiger partial charge on any atom is 0.261 e. The van der Waals surface area contributed by atoms with Crippen LogP contribution in [0.1, 0.15) is 70.6 Å². The minimum absolute atomic E-state index is 0.234. The van der Waals surface area contributed by atoms with Crippen molar-refractivity contribution in [2.24, 2.45) is 5.92 Å². The third-order valence-corrected chi connectivity index (χ3v) is 6.19. The van der Waals surface area contributed by atoms with Crippen LogP contribution in [0.25, 0.3) is 10.8 Å². The van der Waals surface area contributed by atoms with E-state index in [9.17, 15) is 19.2 Å². The quantitative estimate of drug-likeness (QED) is 0.540. The third-order valence-electron chi connectivity index (χ3n) is 6.19. The number of nitrogens with zero attached hydrogens (tertiary/aromatic N) is 1. The van der Waals surface area contributed by atoms with Crippen molar-refractivity contribution in [3.05, 3.63) is 44.5 Å². The number of hydrogen-bond donors (Lipinski definition) is 0. The lowest BCUT2D eigenvalue weighted by molar-refractivity contribution is 0.0647. The topological polar surface area (TPSA) is 71.5 Å². The Balaban J connectivity index is 2.42. The van der Waals surface area contributed by atoms with Gasteiger partial charge in [-0.1, -0.05) is 0 Å². The van der Waals surface area contributed by atoms with E-state index in [1.807, 2.05) is 13.8 Å². The molecule has 0 N–H and O–H groups in total. The zero-order valence-corrected chi connectivity index (χ0v) is 15.7. The molecule has 2 amide bonds. The van der Waals surface area contributed by atoms with E-state index in [-0.39, 0.29) is 23.4 Å². The Hall–Kier alpha value is -2.82. The highest BCUT2D eigenvalue weighted by Gasteiger charge is 2.42. The lowest BCUT2D eigenvalue weighted by atomic mass is 9.72. The highest BCUT2D eigenvalue weighted by molar-refractivity contribution is 6.36. The molecule has 5 nitrogen and oxygen atoms in total. The summed E-state index contributed by atoms with van der Waals surface area (Å²) in [7, 11) is 1.47. The highest BCUT2D eigenvalue weighted by atomic mass is 16.2. The minimum Gasteiger partial charge on any atom is -0.293 e. The first-order chi connectivity index (χ1) is 12.1. The van der Waals surface area contributed by atoms with E-state index in [1.54, 1.807) is 20.8 Å². The molecular formula is C21H19NO4. The van der Waals surface area contributed by atoms with E-state index in [1.165, 1.54) is 7.05 Å². The molecule has 1 aliphatic heterocycles. The lowest BCUT2D eigenvalue weighted by Crippen LogP contribution is -2.40. The van der Waals surface area contributed by atoms with Crippen molar-refractivity contribution in [1.29, 1.82) is 0 Å². The molecule has 4 rings (SSSR count). The maximum atomic E-state index is 12.9. The molecule has 132 valence electrons. The molecule has 0 atom stereocenters. The standard InChI is InChI=1S/C21H19NO4/c1-7-9(3)14-17-15(21(26)22(6)20(14)25)10(4)8(2)13-16(17)12(7)18(23)11(5)19(13)24/h11H,1-6H3. The van der Waals surface area contributed by atoms with Gasteiger partial charge >= 0.3 is 0 Å². The summed E-state index contributed by atoms with van der Waals surface area (Å²) in [6.45, 7) is 8.85. The van der Waals surface area contributed by atoms with Crippen LogP contribution in [-0.4, -0.2) is 35.3 Å². The first-order valence-electron chi connectivity index (χ1n) is 8.62. The summed E-state index contributed by atoms with van der Waals surface area (Å²) in [6, 6.07) is 0. The number of benzene rings is 2. The van der Waals surface area contributed by atoms with Gasteiger partial charge in [-0.3, -0.25) is 24.1 Å². The molecule has 2 aromatic rings. The molecule has 1 heterocycles. The summed E-state index contributed by atoms with van der Waals surface area (Å²) >= 11 is 0. The molecule has 0 spiro atoms. The molecule has 2 aliphatic rings. The van der Waals surface area contributed by atoms with Gasteiger partial charge in [-0.15, -0.1) is 0 Å². The molecule has 0 saturated heterocycles. The second-order valence-electron chi connectivity index (χ2n) is 7.37. The number of carbonyl (C=O) groups excluding carboxylic acids is 4. The number of ketones is 2. The molecule has 0 bridgehead atoms. The van der Waals surface area contributed by atoms with E-state index in [0.29, 0.717) is 55.3 Å². The van der Waals surface area contributed by atoms with Crippen molar-refractivity contribution in [1.82, 2.24) is 4.90 Å². The van der Waals surface area contributed by atoms with Crippen LogP contribution in [0.15, 0.2) is 0 Å². The molecule has 0 aromatic heterocycles. The van der Waals surface area contributed by atoms with Crippen LogP contribution < -0.4 is 0 Å². The molecular weight excluding hydrogens is 330 g/mol. The molecule has 2 aromatic carbocycles.